The van der Waals surface area contributed by atoms with Crippen molar-refractivity contribution in [1.29, 1.82) is 0 Å². The van der Waals surface area contributed by atoms with Crippen LogP contribution in [0.5, 0.6) is 5.75 Å². The molecule has 1 atom stereocenters. The third-order valence-corrected chi connectivity index (χ3v) is 5.94. The Morgan fingerprint density at radius 1 is 1.06 bits per heavy atom. The van der Waals surface area contributed by atoms with Gasteiger partial charge in [-0.2, -0.15) is 0 Å². The molecule has 0 saturated heterocycles. The molecule has 0 aliphatic heterocycles. The van der Waals surface area contributed by atoms with Crippen molar-refractivity contribution in [3.05, 3.63) is 83.3 Å². The molecule has 1 fully saturated rings. The number of anilines is 1. The Kier molecular flexibility index (Phi) is 6.81. The molecule has 1 saturated carbocycles. The van der Waals surface area contributed by atoms with Gasteiger partial charge in [-0.1, -0.05) is 48.7 Å². The number of furan rings is 1. The maximum Gasteiger partial charge on any atom is 0.295 e. The van der Waals surface area contributed by atoms with Crippen molar-refractivity contribution in [3.8, 4) is 5.75 Å². The fourth-order valence-corrected chi connectivity index (χ4v) is 4.25. The molecule has 0 radical (unpaired) electrons. The molecular weight excluding hydrogens is 428 g/mol. The molecule has 1 heterocycles. The molecule has 4 rings (SSSR count). The van der Waals surface area contributed by atoms with Gasteiger partial charge in [0.25, 0.3) is 5.91 Å². The molecule has 6 nitrogen and oxygen atoms in total. The maximum absolute atomic E-state index is 13.7. The van der Waals surface area contributed by atoms with E-state index < -0.39 is 11.9 Å². The van der Waals surface area contributed by atoms with Gasteiger partial charge in [-0.3, -0.25) is 14.5 Å². The van der Waals surface area contributed by atoms with Crippen LogP contribution >= 0.6 is 11.6 Å². The number of nitrogens with one attached hydrogen (secondary N) is 1. The Morgan fingerprint density at radius 2 is 1.78 bits per heavy atom. The quantitative estimate of drug-likeness (QED) is 0.521. The van der Waals surface area contributed by atoms with Crippen LogP contribution in [0, 0.1) is 0 Å². The number of nitrogens with zero attached hydrogens (tertiary/aromatic N) is 1. The van der Waals surface area contributed by atoms with Gasteiger partial charge in [-0.05, 0) is 54.8 Å². The van der Waals surface area contributed by atoms with E-state index in [1.807, 2.05) is 6.07 Å². The number of para-hydroxylation sites is 2. The molecule has 1 aliphatic rings. The summed E-state index contributed by atoms with van der Waals surface area (Å²) >= 11 is 6.11. The van der Waals surface area contributed by atoms with Crippen molar-refractivity contribution < 1.29 is 18.7 Å². The van der Waals surface area contributed by atoms with Crippen LogP contribution in [-0.2, 0) is 4.79 Å². The van der Waals surface area contributed by atoms with E-state index >= 15 is 0 Å². The lowest BCUT2D eigenvalue weighted by Crippen LogP contribution is -2.46. The van der Waals surface area contributed by atoms with Crippen LogP contribution in [0.4, 0.5) is 5.69 Å². The molecule has 7 heteroatoms. The first-order valence-electron chi connectivity index (χ1n) is 10.6. The Labute approximate surface area is 192 Å². The molecule has 0 bridgehead atoms. The number of ether oxygens (including phenoxy) is 1. The van der Waals surface area contributed by atoms with Crippen LogP contribution in [-0.4, -0.2) is 25.0 Å². The number of amides is 2. The number of carbonyl (C=O) groups excluding carboxylic acids is 2. The zero-order valence-electron chi connectivity index (χ0n) is 17.8. The van der Waals surface area contributed by atoms with Crippen LogP contribution in [0.3, 0.4) is 0 Å². The van der Waals surface area contributed by atoms with Crippen molar-refractivity contribution in [3.63, 3.8) is 0 Å². The van der Waals surface area contributed by atoms with Crippen LogP contribution in [0.2, 0.25) is 5.02 Å². The molecule has 1 aliphatic carbocycles. The second-order valence-electron chi connectivity index (χ2n) is 7.77. The van der Waals surface area contributed by atoms with E-state index in [0.29, 0.717) is 22.0 Å². The van der Waals surface area contributed by atoms with E-state index in [4.69, 9.17) is 20.8 Å². The third kappa shape index (κ3) is 4.65. The van der Waals surface area contributed by atoms with Gasteiger partial charge in [-0.15, -0.1) is 0 Å². The second-order valence-corrected chi connectivity index (χ2v) is 8.20. The van der Waals surface area contributed by atoms with Crippen LogP contribution in [0.1, 0.15) is 47.8 Å². The summed E-state index contributed by atoms with van der Waals surface area (Å²) in [4.78, 5) is 28.8. The zero-order chi connectivity index (χ0) is 22.5. The lowest BCUT2D eigenvalue weighted by atomic mass is 10.0. The highest BCUT2D eigenvalue weighted by atomic mass is 35.5. The molecule has 2 amide bonds. The summed E-state index contributed by atoms with van der Waals surface area (Å²) in [5.41, 5.74) is 1.11. The summed E-state index contributed by atoms with van der Waals surface area (Å²) in [7, 11) is 1.53. The molecule has 1 unspecified atom stereocenters. The van der Waals surface area contributed by atoms with Gasteiger partial charge in [0.15, 0.2) is 5.76 Å². The highest BCUT2D eigenvalue weighted by Crippen LogP contribution is 2.36. The van der Waals surface area contributed by atoms with Gasteiger partial charge in [-0.25, -0.2) is 0 Å². The Balaban J connectivity index is 1.83. The standard InChI is InChI=1S/C25H25ClN2O4/c1-31-21-10-5-4-9-20(21)28(25(30)22-11-6-16-32-22)23(17-12-14-18(26)15-13-17)24(29)27-19-7-2-3-8-19/h4-6,9-16,19,23H,2-3,7-8H2,1H3,(H,27,29). The first-order chi connectivity index (χ1) is 15.6. The number of benzene rings is 2. The fraction of sp³-hybridized carbons (Fsp3) is 0.280. The second kappa shape index (κ2) is 9.92. The molecule has 1 N–H and O–H groups in total. The number of methoxy groups -OCH3 is 1. The summed E-state index contributed by atoms with van der Waals surface area (Å²) in [5, 5.41) is 3.69. The Hall–Kier alpha value is -3.25. The highest BCUT2D eigenvalue weighted by molar-refractivity contribution is 6.30. The van der Waals surface area contributed by atoms with E-state index in [2.05, 4.69) is 5.32 Å². The van der Waals surface area contributed by atoms with Crippen molar-refractivity contribution in [2.45, 2.75) is 37.8 Å². The number of hydrogen-bond acceptors (Lipinski definition) is 4. The van der Waals surface area contributed by atoms with Crippen molar-refractivity contribution >= 4 is 29.1 Å². The predicted octanol–water partition coefficient (Wildman–Crippen LogP) is 5.39. The normalized spacial score (nSPS) is 14.7. The minimum Gasteiger partial charge on any atom is -0.495 e. The minimum absolute atomic E-state index is 0.0931. The van der Waals surface area contributed by atoms with E-state index in [1.165, 1.54) is 18.3 Å². The molecular formula is C25H25ClN2O4. The fourth-order valence-electron chi connectivity index (χ4n) is 4.13. The number of halogens is 1. The van der Waals surface area contributed by atoms with Gasteiger partial charge >= 0.3 is 0 Å². The Morgan fingerprint density at radius 3 is 2.44 bits per heavy atom. The topological polar surface area (TPSA) is 71.8 Å². The average Bonchev–Trinajstić information content (AvgIpc) is 3.52. The summed E-state index contributed by atoms with van der Waals surface area (Å²) in [6, 6.07) is 16.4. The van der Waals surface area contributed by atoms with Crippen molar-refractivity contribution in [1.82, 2.24) is 5.32 Å². The minimum atomic E-state index is -0.943. The van der Waals surface area contributed by atoms with Gasteiger partial charge in [0, 0.05) is 11.1 Å². The third-order valence-electron chi connectivity index (χ3n) is 5.69. The Bertz CT molecular complexity index is 1060. The van der Waals surface area contributed by atoms with E-state index in [0.717, 1.165) is 25.7 Å². The average molecular weight is 453 g/mol. The SMILES string of the molecule is COc1ccccc1N(C(=O)c1ccco1)C(C(=O)NC1CCCC1)c1ccc(Cl)cc1. The zero-order valence-corrected chi connectivity index (χ0v) is 18.5. The van der Waals surface area contributed by atoms with Crippen molar-refractivity contribution in [2.24, 2.45) is 0 Å². The molecule has 3 aromatic rings. The molecule has 0 spiro atoms. The first-order valence-corrected chi connectivity index (χ1v) is 11.0. The molecule has 2 aromatic carbocycles. The summed E-state index contributed by atoms with van der Waals surface area (Å²) in [6.45, 7) is 0. The van der Waals surface area contributed by atoms with E-state index in [1.54, 1.807) is 54.6 Å². The summed E-state index contributed by atoms with van der Waals surface area (Å²) < 4.78 is 10.9. The van der Waals surface area contributed by atoms with Crippen LogP contribution in [0.25, 0.3) is 0 Å². The monoisotopic (exact) mass is 452 g/mol. The van der Waals surface area contributed by atoms with Gasteiger partial charge in [0.2, 0.25) is 5.91 Å². The maximum atomic E-state index is 13.7. The number of carbonyl (C=O) groups is 2. The van der Waals surface area contributed by atoms with Gasteiger partial charge < -0.3 is 14.5 Å². The smallest absolute Gasteiger partial charge is 0.295 e. The molecule has 32 heavy (non-hydrogen) atoms. The highest BCUT2D eigenvalue weighted by Gasteiger charge is 2.37. The first kappa shape index (κ1) is 22.0. The molecule has 1 aromatic heterocycles. The number of hydrogen-bond donors (Lipinski definition) is 1. The predicted molar refractivity (Wildman–Crippen MR) is 123 cm³/mol. The van der Waals surface area contributed by atoms with Gasteiger partial charge in [0.05, 0.1) is 19.1 Å². The van der Waals surface area contributed by atoms with Crippen LogP contribution in [0.15, 0.2) is 71.3 Å². The van der Waals surface area contributed by atoms with E-state index in [9.17, 15) is 9.59 Å². The van der Waals surface area contributed by atoms with E-state index in [-0.39, 0.29) is 17.7 Å². The largest absolute Gasteiger partial charge is 0.495 e. The summed E-state index contributed by atoms with van der Waals surface area (Å²) in [6.07, 6.45) is 5.46. The van der Waals surface area contributed by atoms with Crippen LogP contribution < -0.4 is 15.0 Å². The number of rotatable bonds is 7. The summed E-state index contributed by atoms with van der Waals surface area (Å²) in [5.74, 6) is -0.102. The lowest BCUT2D eigenvalue weighted by molar-refractivity contribution is -0.123. The van der Waals surface area contributed by atoms with Crippen molar-refractivity contribution in [2.75, 3.05) is 12.0 Å². The lowest BCUT2D eigenvalue weighted by Gasteiger charge is -2.32. The molecule has 166 valence electrons. The van der Waals surface area contributed by atoms with Gasteiger partial charge in [0.1, 0.15) is 11.8 Å².